The predicted molar refractivity (Wildman–Crippen MR) is 60.9 cm³/mol. The Hall–Kier alpha value is -0.170. The Morgan fingerprint density at radius 1 is 1.27 bits per heavy atom. The van der Waals surface area contributed by atoms with E-state index in [0.29, 0.717) is 19.6 Å². The molecule has 0 unspecified atom stereocenters. The van der Waals surface area contributed by atoms with E-state index in [4.69, 9.17) is 4.74 Å². The van der Waals surface area contributed by atoms with Crippen LogP contribution in [0.25, 0.3) is 0 Å². The minimum Gasteiger partial charge on any atom is -0.385 e. The van der Waals surface area contributed by atoms with Crippen LogP contribution < -0.4 is 0 Å². The molecule has 0 aromatic rings. The van der Waals surface area contributed by atoms with Crippen molar-refractivity contribution in [3.05, 3.63) is 0 Å². The molecule has 0 rings (SSSR count). The summed E-state index contributed by atoms with van der Waals surface area (Å²) in [5.74, 6) is 0. The van der Waals surface area contributed by atoms with Crippen LogP contribution in [0.4, 0.5) is 0 Å². The Labute approximate surface area is 93.2 Å². The number of hydrogen-bond donors (Lipinski definition) is 0. The van der Waals surface area contributed by atoms with E-state index in [0.717, 1.165) is 0 Å². The molecule has 0 aliphatic heterocycles. The van der Waals surface area contributed by atoms with E-state index in [1.165, 1.54) is 8.61 Å². The second-order valence-electron chi connectivity index (χ2n) is 3.79. The van der Waals surface area contributed by atoms with Gasteiger partial charge in [-0.05, 0) is 20.3 Å². The summed E-state index contributed by atoms with van der Waals surface area (Å²) in [5, 5.41) is 0. The van der Waals surface area contributed by atoms with Crippen LogP contribution in [0.3, 0.4) is 0 Å². The fourth-order valence-corrected chi connectivity index (χ4v) is 2.37. The van der Waals surface area contributed by atoms with Crippen molar-refractivity contribution < 1.29 is 13.2 Å². The van der Waals surface area contributed by atoms with Crippen molar-refractivity contribution in [2.75, 3.05) is 34.4 Å². The molecule has 15 heavy (non-hydrogen) atoms. The molecular formula is C9H22N2O3S. The van der Waals surface area contributed by atoms with Gasteiger partial charge in [0.2, 0.25) is 0 Å². The molecule has 0 atom stereocenters. The van der Waals surface area contributed by atoms with Crippen LogP contribution in [0.2, 0.25) is 0 Å². The molecule has 0 saturated heterocycles. The van der Waals surface area contributed by atoms with Gasteiger partial charge < -0.3 is 4.74 Å². The predicted octanol–water partition coefficient (Wildman–Crippen LogP) is 0.540. The highest BCUT2D eigenvalue weighted by Gasteiger charge is 2.24. The molecule has 0 aliphatic carbocycles. The van der Waals surface area contributed by atoms with E-state index in [9.17, 15) is 8.42 Å². The van der Waals surface area contributed by atoms with Gasteiger partial charge in [0.25, 0.3) is 10.2 Å². The van der Waals surface area contributed by atoms with Gasteiger partial charge in [-0.25, -0.2) is 0 Å². The Balaban J connectivity index is 4.33. The van der Waals surface area contributed by atoms with Crippen molar-refractivity contribution in [2.45, 2.75) is 26.3 Å². The number of ether oxygens (including phenoxy) is 1. The first-order chi connectivity index (χ1) is 6.84. The van der Waals surface area contributed by atoms with Crippen LogP contribution in [-0.2, 0) is 14.9 Å². The van der Waals surface area contributed by atoms with Crippen LogP contribution >= 0.6 is 0 Å². The Bertz CT molecular complexity index is 265. The van der Waals surface area contributed by atoms with Gasteiger partial charge in [0.1, 0.15) is 0 Å². The first kappa shape index (κ1) is 14.8. The van der Waals surface area contributed by atoms with Crippen LogP contribution in [0.5, 0.6) is 0 Å². The summed E-state index contributed by atoms with van der Waals surface area (Å²) in [7, 11) is 1.48. The maximum Gasteiger partial charge on any atom is 0.281 e. The zero-order chi connectivity index (χ0) is 12.1. The lowest BCUT2D eigenvalue weighted by atomic mass is 10.4. The van der Waals surface area contributed by atoms with Crippen LogP contribution in [0.15, 0.2) is 0 Å². The summed E-state index contributed by atoms with van der Waals surface area (Å²) in [4.78, 5) is 0. The summed E-state index contributed by atoms with van der Waals surface area (Å²) < 4.78 is 31.3. The van der Waals surface area contributed by atoms with Crippen molar-refractivity contribution in [3.63, 3.8) is 0 Å². The normalized spacial score (nSPS) is 13.1. The second kappa shape index (κ2) is 6.42. The third kappa shape index (κ3) is 4.46. The molecule has 0 amide bonds. The Morgan fingerprint density at radius 2 is 1.80 bits per heavy atom. The monoisotopic (exact) mass is 238 g/mol. The SMILES string of the molecule is COCCCN(C)S(=O)(=O)N(C)C(C)C. The first-order valence-corrected chi connectivity index (χ1v) is 6.42. The molecule has 6 heteroatoms. The number of hydrogen-bond acceptors (Lipinski definition) is 3. The lowest BCUT2D eigenvalue weighted by molar-refractivity contribution is 0.188. The topological polar surface area (TPSA) is 49.9 Å². The van der Waals surface area contributed by atoms with E-state index >= 15 is 0 Å². The summed E-state index contributed by atoms with van der Waals surface area (Å²) in [6.07, 6.45) is 0.707. The van der Waals surface area contributed by atoms with Crippen molar-refractivity contribution in [2.24, 2.45) is 0 Å². The van der Waals surface area contributed by atoms with E-state index in [-0.39, 0.29) is 6.04 Å². The highest BCUT2D eigenvalue weighted by Crippen LogP contribution is 2.08. The van der Waals surface area contributed by atoms with Gasteiger partial charge in [-0.3, -0.25) is 0 Å². The minimum absolute atomic E-state index is 0.0279. The number of methoxy groups -OCH3 is 1. The van der Waals surface area contributed by atoms with Crippen LogP contribution in [0, 0.1) is 0 Å². The lowest BCUT2D eigenvalue weighted by Crippen LogP contribution is -2.43. The van der Waals surface area contributed by atoms with Gasteiger partial charge in [-0.2, -0.15) is 17.0 Å². The molecule has 0 fully saturated rings. The van der Waals surface area contributed by atoms with Crippen molar-refractivity contribution >= 4 is 10.2 Å². The van der Waals surface area contributed by atoms with Crippen LogP contribution in [0.1, 0.15) is 20.3 Å². The first-order valence-electron chi connectivity index (χ1n) is 5.02. The number of rotatable bonds is 7. The zero-order valence-corrected chi connectivity index (χ0v) is 11.0. The van der Waals surface area contributed by atoms with Gasteiger partial charge in [0.15, 0.2) is 0 Å². The zero-order valence-electron chi connectivity index (χ0n) is 10.2. The standard InChI is InChI=1S/C9H22N2O3S/c1-9(2)11(4)15(12,13)10(3)7-6-8-14-5/h9H,6-8H2,1-5H3. The molecule has 0 aliphatic rings. The van der Waals surface area contributed by atoms with Crippen molar-refractivity contribution in [1.82, 2.24) is 8.61 Å². The quantitative estimate of drug-likeness (QED) is 0.608. The van der Waals surface area contributed by atoms with Gasteiger partial charge in [0.05, 0.1) is 0 Å². The summed E-state index contributed by atoms with van der Waals surface area (Å²) >= 11 is 0. The van der Waals surface area contributed by atoms with Crippen molar-refractivity contribution in [1.29, 1.82) is 0 Å². The molecule has 0 aromatic carbocycles. The molecule has 0 heterocycles. The maximum atomic E-state index is 11.9. The summed E-state index contributed by atoms with van der Waals surface area (Å²) in [6.45, 7) is 4.75. The average Bonchev–Trinajstić information content (AvgIpc) is 2.16. The molecule has 0 N–H and O–H groups in total. The molecule has 0 spiro atoms. The molecule has 0 saturated carbocycles. The largest absolute Gasteiger partial charge is 0.385 e. The van der Waals surface area contributed by atoms with Gasteiger partial charge in [-0.1, -0.05) is 0 Å². The molecular weight excluding hydrogens is 216 g/mol. The summed E-state index contributed by atoms with van der Waals surface area (Å²) in [5.41, 5.74) is 0. The smallest absolute Gasteiger partial charge is 0.281 e. The number of nitrogens with zero attached hydrogens (tertiary/aromatic N) is 2. The lowest BCUT2D eigenvalue weighted by Gasteiger charge is -2.26. The molecule has 0 radical (unpaired) electrons. The highest BCUT2D eigenvalue weighted by molar-refractivity contribution is 7.86. The highest BCUT2D eigenvalue weighted by atomic mass is 32.2. The Morgan fingerprint density at radius 3 is 2.20 bits per heavy atom. The third-order valence-electron chi connectivity index (χ3n) is 2.31. The maximum absolute atomic E-state index is 11.9. The van der Waals surface area contributed by atoms with E-state index < -0.39 is 10.2 Å². The molecule has 0 bridgehead atoms. The van der Waals surface area contributed by atoms with Crippen molar-refractivity contribution in [3.8, 4) is 0 Å². The molecule has 92 valence electrons. The average molecular weight is 238 g/mol. The summed E-state index contributed by atoms with van der Waals surface area (Å²) in [6, 6.07) is -0.0279. The van der Waals surface area contributed by atoms with Crippen LogP contribution in [-0.4, -0.2) is 57.4 Å². The molecule has 0 aromatic heterocycles. The van der Waals surface area contributed by atoms with E-state index in [2.05, 4.69) is 0 Å². The van der Waals surface area contributed by atoms with E-state index in [1.54, 1.807) is 21.2 Å². The van der Waals surface area contributed by atoms with Gasteiger partial charge >= 0.3 is 0 Å². The third-order valence-corrected chi connectivity index (χ3v) is 4.43. The Kier molecular flexibility index (Phi) is 6.35. The fourth-order valence-electron chi connectivity index (χ4n) is 1.03. The van der Waals surface area contributed by atoms with Gasteiger partial charge in [-0.15, -0.1) is 0 Å². The second-order valence-corrected chi connectivity index (χ2v) is 5.88. The van der Waals surface area contributed by atoms with Gasteiger partial charge in [0, 0.05) is 40.4 Å². The molecule has 5 nitrogen and oxygen atoms in total. The fraction of sp³-hybridized carbons (Fsp3) is 1.00. The van der Waals surface area contributed by atoms with E-state index in [1.807, 2.05) is 13.8 Å². The minimum atomic E-state index is -3.31.